The second-order valence-electron chi connectivity index (χ2n) is 5.94. The molecule has 1 aromatic heterocycles. The molecule has 0 fully saturated rings. The molecule has 0 unspecified atom stereocenters. The van der Waals surface area contributed by atoms with Gasteiger partial charge in [0.15, 0.2) is 0 Å². The van der Waals surface area contributed by atoms with Crippen LogP contribution in [0.15, 0.2) is 30.5 Å². The lowest BCUT2D eigenvalue weighted by atomic mass is 10.1. The van der Waals surface area contributed by atoms with Crippen molar-refractivity contribution in [1.82, 2.24) is 9.88 Å². The number of benzene rings is 1. The molecule has 1 heterocycles. The normalized spacial score (nSPS) is 12.7. The molecule has 0 saturated heterocycles. The van der Waals surface area contributed by atoms with Crippen LogP contribution in [0.2, 0.25) is 5.02 Å². The lowest BCUT2D eigenvalue weighted by molar-refractivity contribution is 0.294. The van der Waals surface area contributed by atoms with E-state index < -0.39 is 0 Å². The molecule has 3 nitrogen and oxygen atoms in total. The Labute approximate surface area is 145 Å². The highest BCUT2D eigenvalue weighted by atomic mass is 35.5. The third-order valence-electron chi connectivity index (χ3n) is 4.48. The van der Waals surface area contributed by atoms with Crippen LogP contribution in [0.5, 0.6) is 0 Å². The van der Waals surface area contributed by atoms with E-state index in [2.05, 4.69) is 48.1 Å². The van der Waals surface area contributed by atoms with Gasteiger partial charge in [-0.1, -0.05) is 32.4 Å². The first kappa shape index (κ1) is 18.0. The Balaban J connectivity index is 2.01. The van der Waals surface area contributed by atoms with E-state index in [1.54, 1.807) is 0 Å². The SMILES string of the molecule is CC[C@@H](CCCN(CC)CC)Nc1ccnc2cc(Cl)ccc12. The number of hydrogen-bond donors (Lipinski definition) is 1. The van der Waals surface area contributed by atoms with Gasteiger partial charge in [0.2, 0.25) is 0 Å². The summed E-state index contributed by atoms with van der Waals surface area (Å²) in [5, 5.41) is 5.57. The predicted molar refractivity (Wildman–Crippen MR) is 101 cm³/mol. The van der Waals surface area contributed by atoms with E-state index in [9.17, 15) is 0 Å². The molecule has 0 spiro atoms. The van der Waals surface area contributed by atoms with Crippen molar-refractivity contribution in [2.75, 3.05) is 25.0 Å². The smallest absolute Gasteiger partial charge is 0.0737 e. The first-order valence-electron chi connectivity index (χ1n) is 8.71. The Morgan fingerprint density at radius 3 is 2.65 bits per heavy atom. The molecule has 1 atom stereocenters. The fraction of sp³-hybridized carbons (Fsp3) is 0.526. The second-order valence-corrected chi connectivity index (χ2v) is 6.38. The molecule has 0 aliphatic rings. The molecule has 0 radical (unpaired) electrons. The number of fused-ring (bicyclic) bond motifs is 1. The zero-order valence-electron chi connectivity index (χ0n) is 14.5. The van der Waals surface area contributed by atoms with Crippen molar-refractivity contribution in [3.63, 3.8) is 0 Å². The molecule has 0 amide bonds. The summed E-state index contributed by atoms with van der Waals surface area (Å²) in [4.78, 5) is 6.89. The molecule has 0 saturated carbocycles. The molecule has 0 aliphatic carbocycles. The highest BCUT2D eigenvalue weighted by Crippen LogP contribution is 2.25. The van der Waals surface area contributed by atoms with Gasteiger partial charge in [-0.15, -0.1) is 0 Å². The quantitative estimate of drug-likeness (QED) is 0.683. The Hall–Kier alpha value is -1.32. The molecule has 0 aliphatic heterocycles. The lowest BCUT2D eigenvalue weighted by Gasteiger charge is -2.22. The van der Waals surface area contributed by atoms with Gasteiger partial charge in [0.1, 0.15) is 0 Å². The summed E-state index contributed by atoms with van der Waals surface area (Å²) < 4.78 is 0. The minimum absolute atomic E-state index is 0.492. The average Bonchev–Trinajstić information content (AvgIpc) is 2.57. The van der Waals surface area contributed by atoms with E-state index in [4.69, 9.17) is 11.6 Å². The molecular weight excluding hydrogens is 306 g/mol. The summed E-state index contributed by atoms with van der Waals surface area (Å²) in [6, 6.07) is 8.45. The van der Waals surface area contributed by atoms with Crippen molar-refractivity contribution in [1.29, 1.82) is 0 Å². The van der Waals surface area contributed by atoms with Gasteiger partial charge in [0, 0.05) is 28.3 Å². The number of halogens is 1. The van der Waals surface area contributed by atoms with Crippen LogP contribution in [0, 0.1) is 0 Å². The van der Waals surface area contributed by atoms with Crippen LogP contribution in [-0.4, -0.2) is 35.6 Å². The molecule has 126 valence electrons. The number of anilines is 1. The maximum Gasteiger partial charge on any atom is 0.0737 e. The summed E-state index contributed by atoms with van der Waals surface area (Å²) in [6.07, 6.45) is 5.38. The number of nitrogens with zero attached hydrogens (tertiary/aromatic N) is 2. The molecule has 1 N–H and O–H groups in total. The van der Waals surface area contributed by atoms with Crippen LogP contribution in [-0.2, 0) is 0 Å². The summed E-state index contributed by atoms with van der Waals surface area (Å²) in [6.45, 7) is 10.2. The summed E-state index contributed by atoms with van der Waals surface area (Å²) in [7, 11) is 0. The van der Waals surface area contributed by atoms with Crippen molar-refractivity contribution in [3.05, 3.63) is 35.5 Å². The number of pyridine rings is 1. The maximum atomic E-state index is 6.06. The van der Waals surface area contributed by atoms with E-state index in [-0.39, 0.29) is 0 Å². The highest BCUT2D eigenvalue weighted by molar-refractivity contribution is 6.31. The van der Waals surface area contributed by atoms with E-state index in [0.717, 1.165) is 41.1 Å². The molecule has 0 bridgehead atoms. The van der Waals surface area contributed by atoms with E-state index in [1.807, 2.05) is 18.3 Å². The fourth-order valence-electron chi connectivity index (χ4n) is 2.95. The van der Waals surface area contributed by atoms with Gasteiger partial charge >= 0.3 is 0 Å². The maximum absolute atomic E-state index is 6.06. The number of nitrogens with one attached hydrogen (secondary N) is 1. The largest absolute Gasteiger partial charge is 0.382 e. The van der Waals surface area contributed by atoms with Crippen molar-refractivity contribution in [2.45, 2.75) is 46.1 Å². The minimum Gasteiger partial charge on any atom is -0.382 e. The van der Waals surface area contributed by atoms with Crippen LogP contribution in [0.1, 0.15) is 40.0 Å². The minimum atomic E-state index is 0.492. The topological polar surface area (TPSA) is 28.2 Å². The lowest BCUT2D eigenvalue weighted by Crippen LogP contribution is -2.26. The van der Waals surface area contributed by atoms with Crippen LogP contribution in [0.3, 0.4) is 0 Å². The van der Waals surface area contributed by atoms with Gasteiger partial charge in [0.05, 0.1) is 5.52 Å². The zero-order chi connectivity index (χ0) is 16.7. The number of aromatic nitrogens is 1. The second kappa shape index (κ2) is 9.09. The van der Waals surface area contributed by atoms with Crippen LogP contribution in [0.4, 0.5) is 5.69 Å². The summed E-state index contributed by atoms with van der Waals surface area (Å²) in [5.74, 6) is 0. The van der Waals surface area contributed by atoms with Crippen molar-refractivity contribution >= 4 is 28.2 Å². The molecule has 2 aromatic rings. The van der Waals surface area contributed by atoms with Gasteiger partial charge in [-0.2, -0.15) is 0 Å². The summed E-state index contributed by atoms with van der Waals surface area (Å²) in [5.41, 5.74) is 2.10. The third kappa shape index (κ3) is 5.08. The van der Waals surface area contributed by atoms with Gasteiger partial charge in [-0.25, -0.2) is 0 Å². The standard InChI is InChI=1S/C19H28ClN3/c1-4-16(8-7-13-23(5-2)6-3)22-18-11-12-21-19-14-15(20)9-10-17(18)19/h9-12,14,16H,4-8,13H2,1-3H3,(H,21,22)/t16-/m0/s1. The predicted octanol–water partition coefficient (Wildman–Crippen LogP) is 5.20. The number of rotatable bonds is 9. The van der Waals surface area contributed by atoms with Crippen molar-refractivity contribution in [3.8, 4) is 0 Å². The number of hydrogen-bond acceptors (Lipinski definition) is 3. The molecule has 2 rings (SSSR count). The highest BCUT2D eigenvalue weighted by Gasteiger charge is 2.10. The third-order valence-corrected chi connectivity index (χ3v) is 4.71. The van der Waals surface area contributed by atoms with E-state index >= 15 is 0 Å². The first-order valence-corrected chi connectivity index (χ1v) is 9.08. The first-order chi connectivity index (χ1) is 11.2. The summed E-state index contributed by atoms with van der Waals surface area (Å²) >= 11 is 6.06. The van der Waals surface area contributed by atoms with Gasteiger partial charge in [-0.3, -0.25) is 4.98 Å². The monoisotopic (exact) mass is 333 g/mol. The van der Waals surface area contributed by atoms with Gasteiger partial charge < -0.3 is 10.2 Å². The van der Waals surface area contributed by atoms with E-state index in [1.165, 1.54) is 19.4 Å². The Kier molecular flexibility index (Phi) is 7.13. The van der Waals surface area contributed by atoms with Crippen molar-refractivity contribution < 1.29 is 0 Å². The molecular formula is C19H28ClN3. The van der Waals surface area contributed by atoms with Gasteiger partial charge in [-0.05, 0) is 63.2 Å². The van der Waals surface area contributed by atoms with Crippen molar-refractivity contribution in [2.24, 2.45) is 0 Å². The Morgan fingerprint density at radius 1 is 1.17 bits per heavy atom. The zero-order valence-corrected chi connectivity index (χ0v) is 15.2. The van der Waals surface area contributed by atoms with Crippen LogP contribution >= 0.6 is 11.6 Å². The van der Waals surface area contributed by atoms with E-state index in [0.29, 0.717) is 6.04 Å². The Bertz CT molecular complexity index is 611. The average molecular weight is 334 g/mol. The molecule has 23 heavy (non-hydrogen) atoms. The Morgan fingerprint density at radius 2 is 1.96 bits per heavy atom. The molecule has 1 aromatic carbocycles. The fourth-order valence-corrected chi connectivity index (χ4v) is 3.11. The van der Waals surface area contributed by atoms with Crippen LogP contribution in [0.25, 0.3) is 10.9 Å². The van der Waals surface area contributed by atoms with Crippen LogP contribution < -0.4 is 5.32 Å². The van der Waals surface area contributed by atoms with Gasteiger partial charge in [0.25, 0.3) is 0 Å². The molecule has 4 heteroatoms.